The van der Waals surface area contributed by atoms with Crippen LogP contribution < -0.4 is 0 Å². The van der Waals surface area contributed by atoms with Gasteiger partial charge in [0.2, 0.25) is 0 Å². The fourth-order valence-corrected chi connectivity index (χ4v) is 0.413. The van der Waals surface area contributed by atoms with E-state index in [2.05, 4.69) is 6.92 Å². The second-order valence-corrected chi connectivity index (χ2v) is 2.36. The predicted octanol–water partition coefficient (Wildman–Crippen LogP) is -4.87. The summed E-state index contributed by atoms with van der Waals surface area (Å²) in [4.78, 5) is 24.8. The Morgan fingerprint density at radius 3 is 1.07 bits per heavy atom. The number of unbranched alkanes of at least 4 members (excludes halogenated alkanes) is 1. The molecule has 0 aliphatic carbocycles. The first kappa shape index (κ1) is 72.8. The van der Waals surface area contributed by atoms with E-state index < -0.39 is 15.3 Å². The molecule has 0 aliphatic heterocycles. The molecule has 0 aromatic heterocycles. The third-order valence-electron chi connectivity index (χ3n) is 0.878. The molecule has 13 N–H and O–H groups in total. The summed E-state index contributed by atoms with van der Waals surface area (Å²) in [5.74, 6) is 0. The van der Waals surface area contributed by atoms with Crippen LogP contribution in [0, 0.1) is 81.6 Å². The van der Waals surface area contributed by atoms with Gasteiger partial charge < -0.3 is 88.7 Å². The van der Waals surface area contributed by atoms with Gasteiger partial charge in [-0.3, -0.25) is 0 Å². The maximum Gasteiger partial charge on any atom is 3.00 e. The number of aliphatic hydroxyl groups excluding tert-OH is 1. The van der Waals surface area contributed by atoms with E-state index in [0.29, 0.717) is 6.61 Å². The third kappa shape index (κ3) is 1020. The summed E-state index contributed by atoms with van der Waals surface area (Å²) in [6, 6.07) is 0. The van der Waals surface area contributed by atoms with E-state index >= 15 is 0 Å². The van der Waals surface area contributed by atoms with Crippen molar-refractivity contribution in [3.8, 4) is 0 Å². The number of nitrogens with zero attached hydrogens (tertiary/aromatic N) is 3. The van der Waals surface area contributed by atoms with Crippen molar-refractivity contribution in [3.63, 3.8) is 0 Å². The summed E-state index contributed by atoms with van der Waals surface area (Å²) in [7, 11) is 0. The Balaban J connectivity index is -0.0000000135. The molecule has 27 heavy (non-hydrogen) atoms. The molecule has 0 spiro atoms. The summed E-state index contributed by atoms with van der Waals surface area (Å²) >= 11 is 0. The third-order valence-corrected chi connectivity index (χ3v) is 0.878. The van der Waals surface area contributed by atoms with Gasteiger partial charge in [0.1, 0.15) is 0 Å². The fourth-order valence-electron chi connectivity index (χ4n) is 0.413. The van der Waals surface area contributed by atoms with E-state index in [4.69, 9.17) is 55.8 Å². The first-order valence-electron chi connectivity index (χ1n) is 4.74. The molecule has 0 rings (SSSR count). The standard InChI is InChI=1S/C6H14O2.La.3NO3.6H2O/c1-2-3-5-8-6-4-7;;3*2-1(3)4;;;;;;/h7H,2-6H2,1H3;;;;;6*1H2/q;+3;3*-1;;;;;;. The van der Waals surface area contributed by atoms with Crippen LogP contribution in [0.15, 0.2) is 0 Å². The van der Waals surface area contributed by atoms with Gasteiger partial charge in [-0.1, -0.05) is 13.3 Å². The van der Waals surface area contributed by atoms with Crippen LogP contribution in [0.3, 0.4) is 0 Å². The maximum absolute atomic E-state index is 8.25. The largest absolute Gasteiger partial charge is 3.00 e. The zero-order valence-corrected chi connectivity index (χ0v) is 17.6. The summed E-state index contributed by atoms with van der Waals surface area (Å²) in [6.45, 7) is 3.53. The second-order valence-electron chi connectivity index (χ2n) is 2.36. The normalized spacial score (nSPS) is 5.56. The minimum absolute atomic E-state index is 0. The van der Waals surface area contributed by atoms with E-state index in [9.17, 15) is 0 Å². The molecular weight excluding hydrogens is 525 g/mol. The van der Waals surface area contributed by atoms with Crippen LogP contribution in [0.1, 0.15) is 19.8 Å². The number of aliphatic hydroxyl groups is 1. The molecular formula is C6H26LaN3O17. The van der Waals surface area contributed by atoms with E-state index in [-0.39, 0.29) is 75.1 Å². The molecule has 0 saturated carbocycles. The van der Waals surface area contributed by atoms with Crippen molar-refractivity contribution in [2.75, 3.05) is 19.8 Å². The Kier molecular flexibility index (Phi) is 200. The Bertz CT molecular complexity index is 200. The molecule has 170 valence electrons. The van der Waals surface area contributed by atoms with E-state index in [1.807, 2.05) is 0 Å². The van der Waals surface area contributed by atoms with Gasteiger partial charge in [-0.15, -0.1) is 0 Å². The van der Waals surface area contributed by atoms with Crippen LogP contribution >= 0.6 is 0 Å². The van der Waals surface area contributed by atoms with Crippen molar-refractivity contribution in [1.82, 2.24) is 0 Å². The molecule has 0 aliphatic rings. The smallest absolute Gasteiger partial charge is 0.412 e. The van der Waals surface area contributed by atoms with E-state index in [1.54, 1.807) is 0 Å². The molecule has 0 heterocycles. The average Bonchev–Trinajstić information content (AvgIpc) is 2.22. The Labute approximate surface area is 179 Å². The van der Waals surface area contributed by atoms with Crippen LogP contribution in [0.4, 0.5) is 0 Å². The number of ether oxygens (including phenoxy) is 1. The van der Waals surface area contributed by atoms with Crippen molar-refractivity contribution in [2.45, 2.75) is 19.8 Å². The molecule has 0 radical (unpaired) electrons. The van der Waals surface area contributed by atoms with Gasteiger partial charge in [0, 0.05) is 6.61 Å². The number of hydrogen-bond acceptors (Lipinski definition) is 11. The monoisotopic (exact) mass is 551 g/mol. The average molecular weight is 551 g/mol. The molecule has 20 nitrogen and oxygen atoms in total. The summed E-state index contributed by atoms with van der Waals surface area (Å²) in [5, 5.41) is 52.5. The summed E-state index contributed by atoms with van der Waals surface area (Å²) in [6.07, 6.45) is 2.26. The molecule has 0 amide bonds. The fraction of sp³-hybridized carbons (Fsp3) is 1.00. The van der Waals surface area contributed by atoms with Crippen molar-refractivity contribution in [2.24, 2.45) is 0 Å². The van der Waals surface area contributed by atoms with Crippen LogP contribution in [-0.2, 0) is 4.74 Å². The molecule has 0 atom stereocenters. The second kappa shape index (κ2) is 74.3. The molecule has 0 fully saturated rings. The van der Waals surface area contributed by atoms with Gasteiger partial charge in [-0.2, -0.15) is 0 Å². The molecule has 21 heteroatoms. The topological polar surface area (TPSA) is 417 Å². The molecule has 0 saturated heterocycles. The van der Waals surface area contributed by atoms with E-state index in [0.717, 1.165) is 19.4 Å². The van der Waals surface area contributed by atoms with Crippen LogP contribution in [0.5, 0.6) is 0 Å². The summed E-state index contributed by atoms with van der Waals surface area (Å²) in [5.41, 5.74) is 0. The first-order chi connectivity index (χ1) is 9.11. The van der Waals surface area contributed by atoms with Crippen LogP contribution in [0.2, 0.25) is 0 Å². The molecule has 0 aromatic carbocycles. The van der Waals surface area contributed by atoms with Crippen LogP contribution in [-0.4, -0.2) is 73.0 Å². The first-order valence-corrected chi connectivity index (χ1v) is 4.74. The molecule has 0 bridgehead atoms. The predicted molar refractivity (Wildman–Crippen MR) is 85.6 cm³/mol. The van der Waals surface area contributed by atoms with Crippen molar-refractivity contribution >= 4 is 0 Å². The van der Waals surface area contributed by atoms with Gasteiger partial charge in [0.25, 0.3) is 0 Å². The minimum atomic E-state index is -1.75. The minimum Gasteiger partial charge on any atom is -0.412 e. The number of hydrogen-bond donors (Lipinski definition) is 1. The quantitative estimate of drug-likeness (QED) is 0.192. The van der Waals surface area contributed by atoms with Gasteiger partial charge in [-0.25, -0.2) is 0 Å². The Morgan fingerprint density at radius 2 is 0.926 bits per heavy atom. The molecule has 0 aromatic rings. The van der Waals surface area contributed by atoms with Crippen LogP contribution in [0.25, 0.3) is 0 Å². The van der Waals surface area contributed by atoms with Crippen molar-refractivity contribution in [1.29, 1.82) is 0 Å². The number of rotatable bonds is 5. The Morgan fingerprint density at radius 1 is 0.704 bits per heavy atom. The zero-order chi connectivity index (χ0) is 17.0. The van der Waals surface area contributed by atoms with Gasteiger partial charge >= 0.3 is 35.6 Å². The zero-order valence-electron chi connectivity index (χ0n) is 14.0. The van der Waals surface area contributed by atoms with Crippen molar-refractivity contribution < 1.29 is 93.6 Å². The SMILES string of the molecule is CCCCOCCO.O.O.O.O.O.O.O=[N+]([O-])[O-].O=[N+]([O-])[O-].O=[N+]([O-])[O-].[La+3]. The van der Waals surface area contributed by atoms with Gasteiger partial charge in [-0.05, 0) is 6.42 Å². The van der Waals surface area contributed by atoms with Gasteiger partial charge in [0.15, 0.2) is 0 Å². The molecule has 0 unspecified atom stereocenters. The van der Waals surface area contributed by atoms with Gasteiger partial charge in [0.05, 0.1) is 28.5 Å². The Hall–Kier alpha value is -1.53. The van der Waals surface area contributed by atoms with Crippen molar-refractivity contribution in [3.05, 3.63) is 46.0 Å². The maximum atomic E-state index is 8.25. The summed E-state index contributed by atoms with van der Waals surface area (Å²) < 4.78 is 4.97. The van der Waals surface area contributed by atoms with E-state index in [1.165, 1.54) is 0 Å².